The summed E-state index contributed by atoms with van der Waals surface area (Å²) in [5.41, 5.74) is 0.145. The van der Waals surface area contributed by atoms with Gasteiger partial charge < -0.3 is 10.2 Å². The number of hydrogen-bond acceptors (Lipinski definition) is 3. The molecule has 0 saturated carbocycles. The number of hydrogen-bond donors (Lipinski definition) is 2. The molecule has 2 atom stereocenters. The van der Waals surface area contributed by atoms with Crippen molar-refractivity contribution in [3.05, 3.63) is 40.5 Å². The Kier molecular flexibility index (Phi) is 5.01. The molecular weight excluding hydrogens is 396 g/mol. The van der Waals surface area contributed by atoms with Crippen LogP contribution < -0.4 is 0 Å². The molecule has 1 amide bonds. The number of amides is 1. The van der Waals surface area contributed by atoms with Gasteiger partial charge in [0.25, 0.3) is 0 Å². The van der Waals surface area contributed by atoms with Crippen molar-refractivity contribution in [1.29, 1.82) is 0 Å². The Balaban J connectivity index is 2.25. The summed E-state index contributed by atoms with van der Waals surface area (Å²) in [6, 6.07) is 9.46. The van der Waals surface area contributed by atoms with Gasteiger partial charge in [-0.15, -0.1) is 0 Å². The van der Waals surface area contributed by atoms with E-state index in [0.29, 0.717) is 23.1 Å². The quantitative estimate of drug-likeness (QED) is 0.671. The average molecular weight is 421 g/mol. The molecule has 0 bridgehead atoms. The normalized spacial score (nSPS) is 22.4. The summed E-state index contributed by atoms with van der Waals surface area (Å²) < 4.78 is 0.631. The van der Waals surface area contributed by atoms with Gasteiger partial charge in [-0.3, -0.25) is 4.90 Å². The smallest absolute Gasteiger partial charge is 0.407 e. The Hall–Kier alpha value is -1.66. The van der Waals surface area contributed by atoms with E-state index in [1.54, 1.807) is 0 Å². The number of carbonyl (C=O) groups is 1. The molecule has 1 saturated heterocycles. The minimum absolute atomic E-state index is 0.438. The van der Waals surface area contributed by atoms with E-state index in [4.69, 9.17) is 0 Å². The molecule has 1 unspecified atom stereocenters. The van der Waals surface area contributed by atoms with Crippen LogP contribution in [0.1, 0.15) is 51.7 Å². The first-order valence-corrected chi connectivity index (χ1v) is 9.71. The molecule has 1 aliphatic rings. The van der Waals surface area contributed by atoms with Gasteiger partial charge in [0.1, 0.15) is 10.7 Å². The second kappa shape index (κ2) is 6.82. The minimum atomic E-state index is -0.976. The zero-order valence-corrected chi connectivity index (χ0v) is 17.0. The van der Waals surface area contributed by atoms with Crippen LogP contribution in [-0.2, 0) is 0 Å². The lowest BCUT2D eigenvalue weighted by atomic mass is 9.63. The topological polar surface area (TPSA) is 73.7 Å². The van der Waals surface area contributed by atoms with Gasteiger partial charge in [0.2, 0.25) is 0 Å². The predicted octanol–water partition coefficient (Wildman–Crippen LogP) is 4.98. The van der Waals surface area contributed by atoms with E-state index >= 15 is 0 Å². The molecule has 3 rings (SSSR count). The number of piperidine rings is 1. The maximum absolute atomic E-state index is 12.1. The summed E-state index contributed by atoms with van der Waals surface area (Å²) >= 11 is 3.44. The number of nitrogens with zero attached hydrogens (tertiary/aromatic N) is 2. The lowest BCUT2D eigenvalue weighted by molar-refractivity contribution is -0.106. The number of aliphatic hydroxyl groups is 1. The van der Waals surface area contributed by atoms with Gasteiger partial charge in [0.15, 0.2) is 0 Å². The Labute approximate surface area is 162 Å². The zero-order chi connectivity index (χ0) is 19.1. The van der Waals surface area contributed by atoms with Crippen LogP contribution in [0.5, 0.6) is 0 Å². The number of carboxylic acid groups (broad SMARTS) is 1. The van der Waals surface area contributed by atoms with Crippen LogP contribution in [0, 0.1) is 5.41 Å². The number of pyridine rings is 1. The molecule has 26 heavy (non-hydrogen) atoms. The van der Waals surface area contributed by atoms with Gasteiger partial charge in [-0.25, -0.2) is 9.78 Å². The number of rotatable bonds is 2. The first kappa shape index (κ1) is 19.1. The van der Waals surface area contributed by atoms with E-state index in [2.05, 4.69) is 20.9 Å². The van der Waals surface area contributed by atoms with Crippen LogP contribution in [0.4, 0.5) is 4.79 Å². The van der Waals surface area contributed by atoms with E-state index < -0.39 is 23.2 Å². The number of fused-ring (bicyclic) bond motifs is 1. The van der Waals surface area contributed by atoms with Gasteiger partial charge in [-0.1, -0.05) is 39.0 Å². The lowest BCUT2D eigenvalue weighted by Crippen LogP contribution is -2.64. The van der Waals surface area contributed by atoms with E-state index in [1.165, 1.54) is 4.90 Å². The molecule has 2 aromatic rings. The highest BCUT2D eigenvalue weighted by Crippen LogP contribution is 2.51. The maximum atomic E-state index is 12.1. The SMILES string of the molecule is CC(C)(C)C1([C@@H](O)c2cc(Br)nc3ccccc23)CCCCN1C(=O)O. The molecule has 2 N–H and O–H groups in total. The molecule has 2 heterocycles. The number of likely N-dealkylation sites (tertiary alicyclic amines) is 1. The van der Waals surface area contributed by atoms with Gasteiger partial charge >= 0.3 is 6.09 Å². The Morgan fingerprint density at radius 1 is 1.31 bits per heavy atom. The van der Waals surface area contributed by atoms with Gasteiger partial charge in [-0.2, -0.15) is 0 Å². The molecule has 1 aromatic heterocycles. The van der Waals surface area contributed by atoms with Crippen molar-refractivity contribution in [2.24, 2.45) is 5.41 Å². The van der Waals surface area contributed by atoms with E-state index in [0.717, 1.165) is 23.7 Å². The molecule has 5 nitrogen and oxygen atoms in total. The Morgan fingerprint density at radius 2 is 2.00 bits per heavy atom. The molecular formula is C20H25BrN2O3. The minimum Gasteiger partial charge on any atom is -0.465 e. The van der Waals surface area contributed by atoms with E-state index in [9.17, 15) is 15.0 Å². The monoisotopic (exact) mass is 420 g/mol. The van der Waals surface area contributed by atoms with Gasteiger partial charge in [-0.05, 0) is 58.3 Å². The third-order valence-electron chi connectivity index (χ3n) is 5.66. The van der Waals surface area contributed by atoms with Crippen molar-refractivity contribution >= 4 is 32.9 Å². The Morgan fingerprint density at radius 3 is 2.65 bits per heavy atom. The van der Waals surface area contributed by atoms with E-state index in [-0.39, 0.29) is 0 Å². The summed E-state index contributed by atoms with van der Waals surface area (Å²) in [5.74, 6) is 0. The fourth-order valence-corrected chi connectivity index (χ4v) is 4.83. The number of aromatic nitrogens is 1. The molecule has 0 spiro atoms. The van der Waals surface area contributed by atoms with Crippen molar-refractivity contribution in [3.63, 3.8) is 0 Å². The predicted molar refractivity (Wildman–Crippen MR) is 105 cm³/mol. The van der Waals surface area contributed by atoms with Crippen LogP contribution in [-0.4, -0.2) is 38.3 Å². The summed E-state index contributed by atoms with van der Waals surface area (Å²) in [4.78, 5) is 18.0. The lowest BCUT2D eigenvalue weighted by Gasteiger charge is -2.56. The molecule has 0 radical (unpaired) electrons. The second-order valence-electron chi connectivity index (χ2n) is 8.02. The summed E-state index contributed by atoms with van der Waals surface area (Å²) in [7, 11) is 0. The third-order valence-corrected chi connectivity index (χ3v) is 6.07. The molecule has 1 aromatic carbocycles. The van der Waals surface area contributed by atoms with Crippen LogP contribution in [0.15, 0.2) is 34.9 Å². The van der Waals surface area contributed by atoms with Crippen LogP contribution in [0.25, 0.3) is 10.9 Å². The van der Waals surface area contributed by atoms with Crippen molar-refractivity contribution in [1.82, 2.24) is 9.88 Å². The Bertz CT molecular complexity index is 833. The van der Waals surface area contributed by atoms with Crippen LogP contribution >= 0.6 is 15.9 Å². The van der Waals surface area contributed by atoms with Crippen molar-refractivity contribution in [2.45, 2.75) is 51.7 Å². The molecule has 0 aliphatic carbocycles. The molecule has 1 fully saturated rings. The standard InChI is InChI=1S/C20H25BrN2O3/c1-19(2,3)20(10-6-7-11-23(20)18(25)26)17(24)14-12-16(21)22-15-9-5-4-8-13(14)15/h4-5,8-9,12,17,24H,6-7,10-11H2,1-3H3,(H,25,26)/t17-,20?/m0/s1. The summed E-state index contributed by atoms with van der Waals surface area (Å²) in [6.45, 7) is 6.47. The number of benzene rings is 1. The van der Waals surface area contributed by atoms with Crippen LogP contribution in [0.2, 0.25) is 0 Å². The van der Waals surface area contributed by atoms with Crippen molar-refractivity contribution in [3.8, 4) is 0 Å². The molecule has 1 aliphatic heterocycles. The van der Waals surface area contributed by atoms with Crippen molar-refractivity contribution < 1.29 is 15.0 Å². The van der Waals surface area contributed by atoms with Gasteiger partial charge in [0.05, 0.1) is 11.1 Å². The van der Waals surface area contributed by atoms with E-state index in [1.807, 2.05) is 51.1 Å². The zero-order valence-electron chi connectivity index (χ0n) is 15.4. The first-order valence-electron chi connectivity index (χ1n) is 8.92. The number of para-hydroxylation sites is 1. The highest BCUT2D eigenvalue weighted by Gasteiger charge is 2.55. The molecule has 6 heteroatoms. The largest absolute Gasteiger partial charge is 0.465 e. The molecule has 140 valence electrons. The average Bonchev–Trinajstić information content (AvgIpc) is 2.59. The number of aliphatic hydroxyl groups excluding tert-OH is 1. The first-order chi connectivity index (χ1) is 12.2. The fraction of sp³-hybridized carbons (Fsp3) is 0.500. The summed E-state index contributed by atoms with van der Waals surface area (Å²) in [5, 5.41) is 22.4. The highest BCUT2D eigenvalue weighted by molar-refractivity contribution is 9.10. The highest BCUT2D eigenvalue weighted by atomic mass is 79.9. The number of halogens is 1. The summed E-state index contributed by atoms with van der Waals surface area (Å²) in [6.07, 6.45) is 0.400. The fourth-order valence-electron chi connectivity index (χ4n) is 4.39. The van der Waals surface area contributed by atoms with Crippen molar-refractivity contribution in [2.75, 3.05) is 6.54 Å². The van der Waals surface area contributed by atoms with Crippen LogP contribution in [0.3, 0.4) is 0 Å². The maximum Gasteiger partial charge on any atom is 0.407 e. The van der Waals surface area contributed by atoms with Gasteiger partial charge in [0, 0.05) is 11.9 Å². The third kappa shape index (κ3) is 2.99. The second-order valence-corrected chi connectivity index (χ2v) is 8.83.